The van der Waals surface area contributed by atoms with Gasteiger partial charge in [-0.1, -0.05) is 0 Å². The van der Waals surface area contributed by atoms with Crippen LogP contribution in [-0.4, -0.2) is 33.1 Å². The van der Waals surface area contributed by atoms with Crippen molar-refractivity contribution in [2.75, 3.05) is 6.54 Å². The highest BCUT2D eigenvalue weighted by molar-refractivity contribution is 7.12. The fraction of sp³-hybridized carbons (Fsp3) is 0.278. The molecule has 0 saturated heterocycles. The molecule has 5 nitrogen and oxygen atoms in total. The Kier molecular flexibility index (Phi) is 3.49. The molecule has 0 N–H and O–H groups in total. The lowest BCUT2D eigenvalue weighted by molar-refractivity contribution is -0.104. The fourth-order valence-electron chi connectivity index (χ4n) is 3.29. The van der Waals surface area contributed by atoms with Gasteiger partial charge in [-0.2, -0.15) is 0 Å². The van der Waals surface area contributed by atoms with Crippen molar-refractivity contribution in [3.63, 3.8) is 0 Å². The van der Waals surface area contributed by atoms with E-state index in [1.54, 1.807) is 11.3 Å². The molecule has 122 valence electrons. The molecule has 1 unspecified atom stereocenters. The van der Waals surface area contributed by atoms with E-state index in [-0.39, 0.29) is 6.04 Å². The summed E-state index contributed by atoms with van der Waals surface area (Å²) >= 11 is 1.78. The van der Waals surface area contributed by atoms with Crippen LogP contribution in [0.2, 0.25) is 0 Å². The van der Waals surface area contributed by atoms with Crippen LogP contribution < -0.4 is 0 Å². The van der Waals surface area contributed by atoms with E-state index in [4.69, 9.17) is 4.99 Å². The molecular weight excluding hydrogens is 320 g/mol. The third-order valence-electron chi connectivity index (χ3n) is 4.40. The van der Waals surface area contributed by atoms with Crippen LogP contribution in [0.5, 0.6) is 0 Å². The summed E-state index contributed by atoms with van der Waals surface area (Å²) < 4.78 is 2.06. The average molecular weight is 338 g/mol. The number of hydrogen-bond acceptors (Lipinski definition) is 5. The van der Waals surface area contributed by atoms with Gasteiger partial charge in [-0.25, -0.2) is 4.98 Å². The van der Waals surface area contributed by atoms with Gasteiger partial charge < -0.3 is 4.90 Å². The van der Waals surface area contributed by atoms with Crippen LogP contribution in [0.3, 0.4) is 0 Å². The maximum Gasteiger partial charge on any atom is 0.153 e. The highest BCUT2D eigenvalue weighted by Crippen LogP contribution is 2.37. The minimum absolute atomic E-state index is 0.154. The minimum Gasteiger partial charge on any atom is -0.321 e. The van der Waals surface area contributed by atoms with Gasteiger partial charge in [0.1, 0.15) is 5.82 Å². The first kappa shape index (κ1) is 15.1. The second kappa shape index (κ2) is 5.56. The monoisotopic (exact) mass is 338 g/mol. The van der Waals surface area contributed by atoms with Crippen molar-refractivity contribution in [2.45, 2.75) is 26.8 Å². The first-order chi connectivity index (χ1) is 11.6. The smallest absolute Gasteiger partial charge is 0.153 e. The number of aliphatic imine (C=N–C) groups is 1. The first-order valence-electron chi connectivity index (χ1n) is 7.88. The number of carbonyl (C=O) groups excluding carboxylic acids is 1. The Morgan fingerprint density at radius 3 is 2.75 bits per heavy atom. The summed E-state index contributed by atoms with van der Waals surface area (Å²) in [6, 6.07) is 4.44. The van der Waals surface area contributed by atoms with Crippen LogP contribution in [0.1, 0.15) is 27.3 Å². The van der Waals surface area contributed by atoms with Crippen LogP contribution in [0.4, 0.5) is 0 Å². The van der Waals surface area contributed by atoms with E-state index >= 15 is 0 Å². The summed E-state index contributed by atoms with van der Waals surface area (Å²) in [5, 5.41) is 0. The molecule has 0 aromatic carbocycles. The van der Waals surface area contributed by atoms with Gasteiger partial charge in [0.15, 0.2) is 12.1 Å². The molecule has 4 heterocycles. The summed E-state index contributed by atoms with van der Waals surface area (Å²) in [4.78, 5) is 25.3. The number of hydrogen-bond donors (Lipinski definition) is 0. The molecule has 2 aromatic heterocycles. The Bertz CT molecular complexity index is 896. The Labute approximate surface area is 144 Å². The number of thiophene rings is 1. The Morgan fingerprint density at radius 2 is 2.12 bits per heavy atom. The molecule has 2 aromatic rings. The third kappa shape index (κ3) is 2.26. The quantitative estimate of drug-likeness (QED) is 0.807. The van der Waals surface area contributed by atoms with Gasteiger partial charge in [0.05, 0.1) is 18.3 Å². The van der Waals surface area contributed by atoms with Gasteiger partial charge in [0.2, 0.25) is 0 Å². The number of aromatic nitrogens is 2. The van der Waals surface area contributed by atoms with E-state index < -0.39 is 0 Å². The van der Waals surface area contributed by atoms with E-state index in [9.17, 15) is 4.79 Å². The largest absolute Gasteiger partial charge is 0.321 e. The molecule has 0 saturated carbocycles. The van der Waals surface area contributed by atoms with Gasteiger partial charge in [-0.05, 0) is 39.0 Å². The predicted octanol–water partition coefficient (Wildman–Crippen LogP) is 3.26. The van der Waals surface area contributed by atoms with Crippen molar-refractivity contribution >= 4 is 29.2 Å². The van der Waals surface area contributed by atoms with Crippen LogP contribution in [-0.2, 0) is 4.79 Å². The molecule has 4 rings (SSSR count). The van der Waals surface area contributed by atoms with Crippen LogP contribution in [0.15, 0.2) is 41.2 Å². The Hall–Kier alpha value is -2.47. The van der Waals surface area contributed by atoms with Crippen molar-refractivity contribution in [3.8, 4) is 0 Å². The summed E-state index contributed by atoms with van der Waals surface area (Å²) in [5.74, 6) is 1.80. The number of imidazole rings is 1. The number of fused-ring (bicyclic) bond motifs is 1. The maximum atomic E-state index is 11.5. The zero-order chi connectivity index (χ0) is 16.8. The van der Waals surface area contributed by atoms with Crippen molar-refractivity contribution in [2.24, 2.45) is 4.99 Å². The molecule has 2 aliphatic heterocycles. The molecule has 2 aliphatic rings. The Balaban J connectivity index is 1.80. The predicted molar refractivity (Wildman–Crippen MR) is 96.1 cm³/mol. The van der Waals surface area contributed by atoms with Crippen LogP contribution in [0.25, 0.3) is 5.70 Å². The first-order valence-corrected chi connectivity index (χ1v) is 8.69. The average Bonchev–Trinajstić information content (AvgIpc) is 3.26. The number of rotatable bonds is 3. The van der Waals surface area contributed by atoms with Crippen molar-refractivity contribution in [3.05, 3.63) is 57.5 Å². The Morgan fingerprint density at radius 1 is 1.29 bits per heavy atom. The van der Waals surface area contributed by atoms with Gasteiger partial charge in [-0.3, -0.25) is 14.4 Å². The van der Waals surface area contributed by atoms with Gasteiger partial charge >= 0.3 is 0 Å². The molecule has 0 bridgehead atoms. The summed E-state index contributed by atoms with van der Waals surface area (Å²) in [6.45, 7) is 6.78. The van der Waals surface area contributed by atoms with E-state index in [2.05, 4.69) is 33.5 Å². The molecular formula is C18H18N4OS. The summed E-state index contributed by atoms with van der Waals surface area (Å²) in [5.41, 5.74) is 2.60. The molecule has 0 aliphatic carbocycles. The number of amidine groups is 1. The summed E-state index contributed by atoms with van der Waals surface area (Å²) in [7, 11) is 0. The van der Waals surface area contributed by atoms with Crippen molar-refractivity contribution in [1.29, 1.82) is 0 Å². The highest BCUT2D eigenvalue weighted by atomic mass is 32.1. The SMILES string of the molecule is Cc1ccc(C2CN=C3C(n4c(C)cnc4C)=CC(C=O)=CN32)s1. The standard InChI is InChI=1S/C18H18N4OS/c1-11-7-19-13(3)22(11)15-6-14(10-23)9-21-16(8-20-18(15)21)17-5-4-12(2)24-17/h4-7,9-10,16H,8H2,1-3H3. The minimum atomic E-state index is 0.154. The number of nitrogens with zero attached hydrogens (tertiary/aromatic N) is 4. The normalized spacial score (nSPS) is 19.7. The second-order valence-electron chi connectivity index (χ2n) is 6.09. The lowest BCUT2D eigenvalue weighted by Gasteiger charge is -2.29. The fourth-order valence-corrected chi connectivity index (χ4v) is 4.25. The van der Waals surface area contributed by atoms with Gasteiger partial charge in [-0.15, -0.1) is 11.3 Å². The molecule has 1 atom stereocenters. The molecule has 0 fully saturated rings. The molecule has 24 heavy (non-hydrogen) atoms. The lowest BCUT2D eigenvalue weighted by atomic mass is 10.1. The van der Waals surface area contributed by atoms with Crippen molar-refractivity contribution in [1.82, 2.24) is 14.5 Å². The van der Waals surface area contributed by atoms with E-state index in [0.29, 0.717) is 12.1 Å². The highest BCUT2D eigenvalue weighted by Gasteiger charge is 2.34. The second-order valence-corrected chi connectivity index (χ2v) is 7.41. The van der Waals surface area contributed by atoms with E-state index in [1.165, 1.54) is 9.75 Å². The van der Waals surface area contributed by atoms with Gasteiger partial charge in [0, 0.05) is 33.4 Å². The van der Waals surface area contributed by atoms with Crippen molar-refractivity contribution < 1.29 is 4.79 Å². The van der Waals surface area contributed by atoms with Crippen LogP contribution >= 0.6 is 11.3 Å². The van der Waals surface area contributed by atoms with E-state index in [1.807, 2.05) is 32.3 Å². The zero-order valence-corrected chi connectivity index (χ0v) is 14.7. The number of allylic oxidation sites excluding steroid dienone is 2. The lowest BCUT2D eigenvalue weighted by Crippen LogP contribution is -2.31. The molecule has 0 spiro atoms. The molecule has 0 radical (unpaired) electrons. The number of carbonyl (C=O) groups is 1. The maximum absolute atomic E-state index is 11.5. The zero-order valence-electron chi connectivity index (χ0n) is 13.9. The third-order valence-corrected chi connectivity index (χ3v) is 5.50. The van der Waals surface area contributed by atoms with E-state index in [0.717, 1.165) is 29.3 Å². The molecule has 0 amide bonds. The van der Waals surface area contributed by atoms with Gasteiger partial charge in [0.25, 0.3) is 0 Å². The summed E-state index contributed by atoms with van der Waals surface area (Å²) in [6.07, 6.45) is 6.54. The number of aryl methyl sites for hydroxylation is 3. The topological polar surface area (TPSA) is 50.5 Å². The van der Waals surface area contributed by atoms with Crippen LogP contribution in [0, 0.1) is 20.8 Å². The molecule has 6 heteroatoms. The number of aldehydes is 1.